The molecule has 0 saturated carbocycles. The van der Waals surface area contributed by atoms with Crippen LogP contribution < -0.4 is 5.32 Å². The molecule has 11 nitrogen and oxygen atoms in total. The highest BCUT2D eigenvalue weighted by atomic mass is 16.2. The Labute approximate surface area is 366 Å². The molecule has 9 rings (SSSR count). The summed E-state index contributed by atoms with van der Waals surface area (Å²) in [4.78, 5) is 56.3. The molecule has 6 heterocycles. The zero-order chi connectivity index (χ0) is 42.6. The number of aromatic nitrogens is 5. The molecule has 2 atom stereocenters. The Kier molecular flexibility index (Phi) is 12.0. The summed E-state index contributed by atoms with van der Waals surface area (Å²) in [6.07, 6.45) is 9.83. The largest absolute Gasteiger partial charge is 0.339 e. The minimum atomic E-state index is -0.165. The van der Waals surface area contributed by atoms with E-state index in [1.165, 1.54) is 22.5 Å². The molecule has 0 unspecified atom stereocenters. The second-order valence-electron chi connectivity index (χ2n) is 16.6. The van der Waals surface area contributed by atoms with Gasteiger partial charge in [-0.25, -0.2) is 9.97 Å². The number of hydrogen-bond donors (Lipinski definition) is 2. The Bertz CT molecular complexity index is 2650. The van der Waals surface area contributed by atoms with Crippen molar-refractivity contribution in [2.75, 3.05) is 44.6 Å². The molecule has 2 fully saturated rings. The number of fused-ring (bicyclic) bond motifs is 1. The molecule has 318 valence electrons. The van der Waals surface area contributed by atoms with Gasteiger partial charge in [-0.1, -0.05) is 54.6 Å². The molecule has 0 bridgehead atoms. The zero-order valence-corrected chi connectivity index (χ0v) is 35.7. The second kappa shape index (κ2) is 18.2. The Morgan fingerprint density at radius 1 is 0.726 bits per heavy atom. The molecule has 7 aromatic rings. The van der Waals surface area contributed by atoms with Crippen molar-refractivity contribution >= 4 is 28.5 Å². The quantitative estimate of drug-likeness (QED) is 0.132. The molecule has 2 N–H and O–H groups in total. The number of aryl methyl sites for hydroxylation is 2. The first kappa shape index (κ1) is 40.8. The summed E-state index contributed by atoms with van der Waals surface area (Å²) in [6, 6.07) is 33.9. The van der Waals surface area contributed by atoms with Crippen molar-refractivity contribution in [2.24, 2.45) is 0 Å². The summed E-state index contributed by atoms with van der Waals surface area (Å²) >= 11 is 0. The van der Waals surface area contributed by atoms with Crippen molar-refractivity contribution in [1.82, 2.24) is 39.6 Å². The highest BCUT2D eigenvalue weighted by Gasteiger charge is 2.35. The molecule has 11 heteroatoms. The van der Waals surface area contributed by atoms with E-state index < -0.39 is 0 Å². The van der Waals surface area contributed by atoms with Crippen LogP contribution in [-0.4, -0.2) is 90.7 Å². The first-order valence-corrected chi connectivity index (χ1v) is 21.8. The number of pyridine rings is 2. The highest BCUT2D eigenvalue weighted by Crippen LogP contribution is 2.42. The molecular formula is C51H57N9O2. The summed E-state index contributed by atoms with van der Waals surface area (Å²) < 4.78 is 0. The van der Waals surface area contributed by atoms with Gasteiger partial charge < -0.3 is 15.2 Å². The summed E-state index contributed by atoms with van der Waals surface area (Å²) in [5, 5.41) is 3.93. The van der Waals surface area contributed by atoms with Crippen LogP contribution in [0.5, 0.6) is 0 Å². The van der Waals surface area contributed by atoms with E-state index in [-0.39, 0.29) is 26.8 Å². The van der Waals surface area contributed by atoms with E-state index in [1.54, 1.807) is 18.5 Å². The summed E-state index contributed by atoms with van der Waals surface area (Å²) in [7, 11) is 0. The molecule has 2 saturated heterocycles. The molecule has 2 amide bonds. The maximum atomic E-state index is 13.8. The fraction of sp³-hybridized carbons (Fsp3) is 0.294. The van der Waals surface area contributed by atoms with E-state index in [1.807, 2.05) is 97.0 Å². The average Bonchev–Trinajstić information content (AvgIpc) is 3.76. The van der Waals surface area contributed by atoms with E-state index in [0.29, 0.717) is 29.9 Å². The first-order valence-electron chi connectivity index (χ1n) is 21.8. The van der Waals surface area contributed by atoms with Gasteiger partial charge in [-0.3, -0.25) is 29.4 Å². The Hall–Kier alpha value is -6.56. The molecule has 2 aliphatic rings. The number of rotatable bonds is 11. The summed E-state index contributed by atoms with van der Waals surface area (Å²) in [5.74, 6) is -0.103. The van der Waals surface area contributed by atoms with Gasteiger partial charge in [-0.05, 0) is 124 Å². The van der Waals surface area contributed by atoms with Crippen LogP contribution in [0.1, 0.15) is 89.4 Å². The van der Waals surface area contributed by atoms with E-state index in [4.69, 9.17) is 9.97 Å². The minimum Gasteiger partial charge on any atom is -0.339 e. The SMILES string of the molecule is Cc1cccnc1[C@H]1CCC[C@@H](c2ncccc2C)N1CCCN1CCN(C(=O)c2ccc(-c3cc4c(-c5cccc(NC(=O)c6ccccc6)c5C)ncnc4[nH]3)cc2)CC1.[HH].[HH]. The lowest BCUT2D eigenvalue weighted by Gasteiger charge is -2.43. The number of likely N-dealkylation sites (tertiary alicyclic amines) is 1. The van der Waals surface area contributed by atoms with Crippen molar-refractivity contribution in [3.05, 3.63) is 161 Å². The van der Waals surface area contributed by atoms with Gasteiger partial charge >= 0.3 is 0 Å². The lowest BCUT2D eigenvalue weighted by Crippen LogP contribution is -2.49. The monoisotopic (exact) mass is 827 g/mol. The summed E-state index contributed by atoms with van der Waals surface area (Å²) in [5.41, 5.74) is 12.0. The van der Waals surface area contributed by atoms with Gasteiger partial charge in [0, 0.05) is 81.4 Å². The Morgan fingerprint density at radius 2 is 1.42 bits per heavy atom. The fourth-order valence-corrected chi connectivity index (χ4v) is 9.39. The van der Waals surface area contributed by atoms with E-state index in [0.717, 1.165) is 91.0 Å². The number of nitrogens with one attached hydrogen (secondary N) is 2. The average molecular weight is 828 g/mol. The van der Waals surface area contributed by atoms with Crippen LogP contribution in [0, 0.1) is 20.8 Å². The number of benzene rings is 3. The fourth-order valence-electron chi connectivity index (χ4n) is 9.39. The summed E-state index contributed by atoms with van der Waals surface area (Å²) in [6.45, 7) is 11.4. The molecule has 0 aliphatic carbocycles. The smallest absolute Gasteiger partial charge is 0.255 e. The number of H-pyrrole nitrogens is 1. The standard InChI is InChI=1S/C51H53N9O2.2H2/c1-34-12-9-24-52-46(34)44-18-8-19-45(47-35(2)13-10-25-53-47)60(44)27-11-26-58-28-30-59(31-29-58)51(62)39-22-20-37(21-23-39)43-32-41-48(54-33-55-49(41)56-43)40-16-7-17-42(36(40)3)57-50(61)38-14-5-4-6-15-38;;/h4-7,9-10,12-17,20-25,32-33,44-45H,8,11,18-19,26-31H2,1-3H3,(H,57,61)(H,54,55,56);2*1H/t44-,45+;;. The van der Waals surface area contributed by atoms with Gasteiger partial charge in [0.05, 0.1) is 29.2 Å². The van der Waals surface area contributed by atoms with Crippen molar-refractivity contribution in [3.8, 4) is 22.5 Å². The van der Waals surface area contributed by atoms with Gasteiger partial charge in [0.15, 0.2) is 0 Å². The number of hydrogen-bond acceptors (Lipinski definition) is 8. The third kappa shape index (κ3) is 8.51. The predicted octanol–water partition coefficient (Wildman–Crippen LogP) is 9.87. The van der Waals surface area contributed by atoms with Crippen LogP contribution in [0.25, 0.3) is 33.5 Å². The van der Waals surface area contributed by atoms with E-state index in [2.05, 4.69) is 62.1 Å². The minimum absolute atomic E-state index is 0. The van der Waals surface area contributed by atoms with E-state index >= 15 is 0 Å². The number of nitrogens with zero attached hydrogens (tertiary/aromatic N) is 7. The number of amides is 2. The second-order valence-corrected chi connectivity index (χ2v) is 16.6. The van der Waals surface area contributed by atoms with Crippen LogP contribution in [0.15, 0.2) is 122 Å². The molecular weight excluding hydrogens is 771 g/mol. The first-order chi connectivity index (χ1) is 30.3. The molecule has 2 aliphatic heterocycles. The van der Waals surface area contributed by atoms with Crippen LogP contribution >= 0.6 is 0 Å². The molecule has 62 heavy (non-hydrogen) atoms. The number of carbonyl (C=O) groups excluding carboxylic acids is 2. The number of piperazine rings is 1. The van der Waals surface area contributed by atoms with Crippen molar-refractivity contribution < 1.29 is 12.4 Å². The lowest BCUT2D eigenvalue weighted by molar-refractivity contribution is 0.0571. The number of anilines is 1. The number of aromatic amines is 1. The van der Waals surface area contributed by atoms with Gasteiger partial charge in [-0.15, -0.1) is 0 Å². The van der Waals surface area contributed by atoms with Gasteiger partial charge in [-0.2, -0.15) is 0 Å². The van der Waals surface area contributed by atoms with Gasteiger partial charge in [0.2, 0.25) is 0 Å². The van der Waals surface area contributed by atoms with Crippen molar-refractivity contribution in [2.45, 2.75) is 58.5 Å². The zero-order valence-electron chi connectivity index (χ0n) is 35.7. The molecule has 4 aromatic heterocycles. The van der Waals surface area contributed by atoms with Crippen LogP contribution in [0.4, 0.5) is 5.69 Å². The third-order valence-corrected chi connectivity index (χ3v) is 12.8. The van der Waals surface area contributed by atoms with Crippen LogP contribution in [-0.2, 0) is 0 Å². The maximum absolute atomic E-state index is 13.8. The predicted molar refractivity (Wildman–Crippen MR) is 249 cm³/mol. The third-order valence-electron chi connectivity index (χ3n) is 12.8. The Balaban J connectivity index is 0.00000306. The number of piperidine rings is 1. The van der Waals surface area contributed by atoms with Crippen LogP contribution in [0.2, 0.25) is 0 Å². The maximum Gasteiger partial charge on any atom is 0.255 e. The molecule has 0 spiro atoms. The molecule has 0 radical (unpaired) electrons. The molecule has 3 aromatic carbocycles. The van der Waals surface area contributed by atoms with E-state index in [9.17, 15) is 9.59 Å². The lowest BCUT2D eigenvalue weighted by atomic mass is 9.88. The normalized spacial score (nSPS) is 17.3. The number of carbonyl (C=O) groups is 2. The van der Waals surface area contributed by atoms with Gasteiger partial charge in [0.25, 0.3) is 11.8 Å². The van der Waals surface area contributed by atoms with Crippen LogP contribution in [0.3, 0.4) is 0 Å². The highest BCUT2D eigenvalue weighted by molar-refractivity contribution is 6.05. The Morgan fingerprint density at radius 3 is 2.10 bits per heavy atom. The topological polar surface area (TPSA) is 123 Å². The van der Waals surface area contributed by atoms with Crippen molar-refractivity contribution in [1.29, 1.82) is 0 Å². The van der Waals surface area contributed by atoms with Crippen molar-refractivity contribution in [3.63, 3.8) is 0 Å². The van der Waals surface area contributed by atoms with Gasteiger partial charge in [0.1, 0.15) is 12.0 Å².